The first kappa shape index (κ1) is 18.2. The number of hydrogen-bond acceptors (Lipinski definition) is 5. The number of nitrogens with one attached hydrogen (secondary N) is 1. The maximum Gasteiger partial charge on any atom is 0.407 e. The molecule has 0 spiro atoms. The van der Waals surface area contributed by atoms with Gasteiger partial charge in [0.15, 0.2) is 5.82 Å². The Kier molecular flexibility index (Phi) is 5.11. The molecular formula is C20H26N4O2. The standard InChI is InChI=1S/C20H26N4O2/c1-20(2,3)26-19(25)22-13-14-5-7-15(8-6-14)18-21-12-11-17(23-18)24(4)16-9-10-16/h5-8,11-12,16H,9-10,13H2,1-4H3,(H,22,25). The number of benzene rings is 1. The molecule has 0 aliphatic heterocycles. The molecule has 0 radical (unpaired) electrons. The largest absolute Gasteiger partial charge is 0.444 e. The zero-order valence-electron chi connectivity index (χ0n) is 15.8. The third-order valence-electron chi connectivity index (χ3n) is 4.14. The fraction of sp³-hybridized carbons (Fsp3) is 0.450. The maximum absolute atomic E-state index is 11.7. The summed E-state index contributed by atoms with van der Waals surface area (Å²) in [4.78, 5) is 23.0. The molecule has 138 valence electrons. The van der Waals surface area contributed by atoms with E-state index in [2.05, 4.69) is 27.2 Å². The SMILES string of the molecule is CN(c1ccnc(-c2ccc(CNC(=O)OC(C)(C)C)cc2)n1)C1CC1. The van der Waals surface area contributed by atoms with Gasteiger partial charge in [-0.05, 0) is 45.2 Å². The van der Waals surface area contributed by atoms with Crippen molar-refractivity contribution in [1.82, 2.24) is 15.3 Å². The monoisotopic (exact) mass is 354 g/mol. The average molecular weight is 354 g/mol. The van der Waals surface area contributed by atoms with Crippen LogP contribution >= 0.6 is 0 Å². The number of carbonyl (C=O) groups is 1. The van der Waals surface area contributed by atoms with Crippen molar-refractivity contribution in [2.45, 2.75) is 51.8 Å². The second-order valence-electron chi connectivity index (χ2n) is 7.63. The first-order valence-corrected chi connectivity index (χ1v) is 8.94. The molecular weight excluding hydrogens is 328 g/mol. The van der Waals surface area contributed by atoms with E-state index in [0.717, 1.165) is 16.9 Å². The molecule has 6 nitrogen and oxygen atoms in total. The highest BCUT2D eigenvalue weighted by atomic mass is 16.6. The Hall–Kier alpha value is -2.63. The van der Waals surface area contributed by atoms with Crippen LogP contribution in [-0.2, 0) is 11.3 Å². The van der Waals surface area contributed by atoms with E-state index < -0.39 is 11.7 Å². The molecule has 0 saturated heterocycles. The third-order valence-corrected chi connectivity index (χ3v) is 4.14. The van der Waals surface area contributed by atoms with Crippen molar-refractivity contribution in [2.24, 2.45) is 0 Å². The van der Waals surface area contributed by atoms with Crippen molar-refractivity contribution in [2.75, 3.05) is 11.9 Å². The van der Waals surface area contributed by atoms with E-state index in [1.807, 2.05) is 51.1 Å². The predicted octanol–water partition coefficient (Wildman–Crippen LogP) is 3.77. The molecule has 0 atom stereocenters. The van der Waals surface area contributed by atoms with Gasteiger partial charge in [0.05, 0.1) is 0 Å². The summed E-state index contributed by atoms with van der Waals surface area (Å²) in [6.07, 6.45) is 3.85. The normalized spacial score (nSPS) is 14.0. The Morgan fingerprint density at radius 2 is 1.92 bits per heavy atom. The fourth-order valence-corrected chi connectivity index (χ4v) is 2.59. The van der Waals surface area contributed by atoms with Crippen molar-refractivity contribution in [3.05, 3.63) is 42.1 Å². The van der Waals surface area contributed by atoms with Gasteiger partial charge in [-0.1, -0.05) is 24.3 Å². The van der Waals surface area contributed by atoms with Gasteiger partial charge in [-0.2, -0.15) is 0 Å². The van der Waals surface area contributed by atoms with Gasteiger partial charge in [0.1, 0.15) is 11.4 Å². The second-order valence-corrected chi connectivity index (χ2v) is 7.63. The molecule has 0 bridgehead atoms. The number of anilines is 1. The van der Waals surface area contributed by atoms with E-state index in [-0.39, 0.29) is 0 Å². The van der Waals surface area contributed by atoms with Crippen molar-refractivity contribution in [1.29, 1.82) is 0 Å². The van der Waals surface area contributed by atoms with Gasteiger partial charge in [0.25, 0.3) is 0 Å². The molecule has 1 aromatic heterocycles. The molecule has 1 aliphatic carbocycles. The molecule has 0 unspecified atom stereocenters. The molecule has 1 heterocycles. The molecule has 3 rings (SSSR count). The van der Waals surface area contributed by atoms with Crippen LogP contribution in [0, 0.1) is 0 Å². The minimum atomic E-state index is -0.496. The van der Waals surface area contributed by atoms with Gasteiger partial charge < -0.3 is 15.0 Å². The molecule has 1 saturated carbocycles. The highest BCUT2D eigenvalue weighted by Crippen LogP contribution is 2.29. The molecule has 26 heavy (non-hydrogen) atoms. The van der Waals surface area contributed by atoms with Gasteiger partial charge in [-0.15, -0.1) is 0 Å². The summed E-state index contributed by atoms with van der Waals surface area (Å²) < 4.78 is 5.24. The van der Waals surface area contributed by atoms with Gasteiger partial charge >= 0.3 is 6.09 Å². The van der Waals surface area contributed by atoms with E-state index in [4.69, 9.17) is 4.74 Å². The number of alkyl carbamates (subject to hydrolysis) is 1. The van der Waals surface area contributed by atoms with Gasteiger partial charge in [-0.3, -0.25) is 0 Å². The quantitative estimate of drug-likeness (QED) is 0.885. The number of rotatable bonds is 5. The molecule has 1 N–H and O–H groups in total. The summed E-state index contributed by atoms with van der Waals surface area (Å²) in [5.41, 5.74) is 1.45. The molecule has 2 aromatic rings. The smallest absolute Gasteiger partial charge is 0.407 e. The lowest BCUT2D eigenvalue weighted by Gasteiger charge is -2.19. The number of amides is 1. The average Bonchev–Trinajstić information content (AvgIpc) is 3.43. The summed E-state index contributed by atoms with van der Waals surface area (Å²) in [6, 6.07) is 10.4. The third kappa shape index (κ3) is 4.94. The first-order chi connectivity index (χ1) is 12.3. The van der Waals surface area contributed by atoms with Crippen molar-refractivity contribution < 1.29 is 9.53 Å². The molecule has 1 aromatic carbocycles. The van der Waals surface area contributed by atoms with E-state index >= 15 is 0 Å². The Labute approximate surface area is 154 Å². The number of carbonyl (C=O) groups excluding carboxylic acids is 1. The van der Waals surface area contributed by atoms with Crippen molar-refractivity contribution in [3.63, 3.8) is 0 Å². The van der Waals surface area contributed by atoms with E-state index in [0.29, 0.717) is 18.4 Å². The van der Waals surface area contributed by atoms with Crippen molar-refractivity contribution >= 4 is 11.9 Å². The van der Waals surface area contributed by atoms with Crippen LogP contribution in [-0.4, -0.2) is 34.8 Å². The second kappa shape index (κ2) is 7.32. The Morgan fingerprint density at radius 1 is 1.23 bits per heavy atom. The minimum absolute atomic E-state index is 0.416. The summed E-state index contributed by atoms with van der Waals surface area (Å²) in [5, 5.41) is 2.76. The van der Waals surface area contributed by atoms with Crippen LogP contribution in [0.4, 0.5) is 10.6 Å². The topological polar surface area (TPSA) is 67.4 Å². The highest BCUT2D eigenvalue weighted by molar-refractivity contribution is 5.67. The maximum atomic E-state index is 11.7. The predicted molar refractivity (Wildman–Crippen MR) is 102 cm³/mol. The van der Waals surface area contributed by atoms with Crippen LogP contribution in [0.3, 0.4) is 0 Å². The summed E-state index contributed by atoms with van der Waals surface area (Å²) in [7, 11) is 2.08. The fourth-order valence-electron chi connectivity index (χ4n) is 2.59. The van der Waals surface area contributed by atoms with Gasteiger partial charge in [0, 0.05) is 31.4 Å². The van der Waals surface area contributed by atoms with Crippen LogP contribution in [0.15, 0.2) is 36.5 Å². The number of ether oxygens (including phenoxy) is 1. The lowest BCUT2D eigenvalue weighted by atomic mass is 10.1. The van der Waals surface area contributed by atoms with Crippen LogP contribution in [0.5, 0.6) is 0 Å². The van der Waals surface area contributed by atoms with Crippen LogP contribution < -0.4 is 10.2 Å². The molecule has 1 aliphatic rings. The zero-order chi connectivity index (χ0) is 18.7. The Bertz CT molecular complexity index is 764. The van der Waals surface area contributed by atoms with Crippen LogP contribution in [0.1, 0.15) is 39.2 Å². The Morgan fingerprint density at radius 3 is 2.54 bits per heavy atom. The number of hydrogen-bond donors (Lipinski definition) is 1. The summed E-state index contributed by atoms with van der Waals surface area (Å²) in [5.74, 6) is 1.66. The zero-order valence-corrected chi connectivity index (χ0v) is 15.8. The Balaban J connectivity index is 1.62. The van der Waals surface area contributed by atoms with E-state index in [9.17, 15) is 4.79 Å². The summed E-state index contributed by atoms with van der Waals surface area (Å²) in [6.45, 7) is 5.95. The number of nitrogens with zero attached hydrogens (tertiary/aromatic N) is 3. The van der Waals surface area contributed by atoms with E-state index in [1.165, 1.54) is 12.8 Å². The first-order valence-electron chi connectivity index (χ1n) is 8.94. The van der Waals surface area contributed by atoms with Gasteiger partial charge in [0.2, 0.25) is 0 Å². The number of aromatic nitrogens is 2. The highest BCUT2D eigenvalue weighted by Gasteiger charge is 2.27. The van der Waals surface area contributed by atoms with Gasteiger partial charge in [-0.25, -0.2) is 14.8 Å². The molecule has 1 amide bonds. The van der Waals surface area contributed by atoms with E-state index in [1.54, 1.807) is 6.20 Å². The lowest BCUT2D eigenvalue weighted by molar-refractivity contribution is 0.0523. The lowest BCUT2D eigenvalue weighted by Crippen LogP contribution is -2.32. The van der Waals surface area contributed by atoms with Crippen LogP contribution in [0.2, 0.25) is 0 Å². The molecule has 1 fully saturated rings. The molecule has 6 heteroatoms. The van der Waals surface area contributed by atoms with Crippen molar-refractivity contribution in [3.8, 4) is 11.4 Å². The summed E-state index contributed by atoms with van der Waals surface area (Å²) >= 11 is 0. The minimum Gasteiger partial charge on any atom is -0.444 e. The van der Waals surface area contributed by atoms with Crippen LogP contribution in [0.25, 0.3) is 11.4 Å².